The predicted octanol–water partition coefficient (Wildman–Crippen LogP) is 0.643. The highest BCUT2D eigenvalue weighted by Gasteiger charge is 2.09. The third-order valence-corrected chi connectivity index (χ3v) is 2.43. The molecule has 2 heterocycles. The van der Waals surface area contributed by atoms with Crippen LogP contribution < -0.4 is 0 Å². The highest BCUT2D eigenvalue weighted by molar-refractivity contribution is 5.44. The van der Waals surface area contributed by atoms with Crippen LogP contribution in [0.2, 0.25) is 0 Å². The van der Waals surface area contributed by atoms with Gasteiger partial charge in [0.15, 0.2) is 5.82 Å². The zero-order valence-corrected chi connectivity index (χ0v) is 9.55. The first-order valence-electron chi connectivity index (χ1n) is 5.06. The molecule has 2 rings (SSSR count). The Morgan fingerprint density at radius 1 is 1.47 bits per heavy atom. The van der Waals surface area contributed by atoms with Crippen LogP contribution in [0.4, 0.5) is 0 Å². The zero-order chi connectivity index (χ0) is 12.4. The van der Waals surface area contributed by atoms with E-state index in [9.17, 15) is 0 Å². The van der Waals surface area contributed by atoms with Crippen molar-refractivity contribution in [2.24, 2.45) is 0 Å². The largest absolute Gasteiger partial charge is 0.390 e. The Kier molecular flexibility index (Phi) is 2.85. The molecule has 0 aliphatic carbocycles. The van der Waals surface area contributed by atoms with Crippen molar-refractivity contribution in [3.05, 3.63) is 34.8 Å². The van der Waals surface area contributed by atoms with Crippen molar-refractivity contribution in [1.82, 2.24) is 20.0 Å². The second-order valence-corrected chi connectivity index (χ2v) is 3.68. The van der Waals surface area contributed by atoms with E-state index in [1.165, 1.54) is 4.68 Å². The minimum absolute atomic E-state index is 0.158. The van der Waals surface area contributed by atoms with Gasteiger partial charge in [-0.25, -0.2) is 9.67 Å². The number of nitrogens with zero attached hydrogens (tertiary/aromatic N) is 5. The third kappa shape index (κ3) is 2.00. The van der Waals surface area contributed by atoms with Gasteiger partial charge >= 0.3 is 0 Å². The van der Waals surface area contributed by atoms with Gasteiger partial charge in [-0.05, 0) is 25.5 Å². The van der Waals surface area contributed by atoms with E-state index in [0.29, 0.717) is 22.8 Å². The quantitative estimate of drug-likeness (QED) is 0.816. The smallest absolute Gasteiger partial charge is 0.155 e. The number of rotatable bonds is 2. The Bertz CT molecular complexity index is 573. The normalized spacial score (nSPS) is 10.2. The maximum Gasteiger partial charge on any atom is 0.155 e. The molecule has 0 spiro atoms. The van der Waals surface area contributed by atoms with Gasteiger partial charge < -0.3 is 5.11 Å². The molecular formula is C11H11N5O. The van der Waals surface area contributed by atoms with Gasteiger partial charge in [0.25, 0.3) is 0 Å². The molecule has 0 saturated heterocycles. The molecule has 6 heteroatoms. The first kappa shape index (κ1) is 11.2. The van der Waals surface area contributed by atoms with Crippen molar-refractivity contribution in [2.75, 3.05) is 0 Å². The van der Waals surface area contributed by atoms with Crippen LogP contribution in [0.25, 0.3) is 5.82 Å². The van der Waals surface area contributed by atoms with Gasteiger partial charge in [0.2, 0.25) is 0 Å². The van der Waals surface area contributed by atoms with Crippen molar-refractivity contribution < 1.29 is 5.11 Å². The summed E-state index contributed by atoms with van der Waals surface area (Å²) in [5.41, 5.74) is 2.56. The number of pyridine rings is 1. The van der Waals surface area contributed by atoms with Gasteiger partial charge in [-0.15, -0.1) is 5.10 Å². The minimum atomic E-state index is -0.158. The number of aryl methyl sites for hydroxylation is 2. The van der Waals surface area contributed by atoms with Crippen molar-refractivity contribution in [3.63, 3.8) is 0 Å². The molecule has 0 aliphatic rings. The first-order valence-corrected chi connectivity index (χ1v) is 5.06. The van der Waals surface area contributed by atoms with Crippen LogP contribution in [-0.2, 0) is 6.61 Å². The lowest BCUT2D eigenvalue weighted by atomic mass is 10.1. The van der Waals surface area contributed by atoms with E-state index in [1.54, 1.807) is 19.2 Å². The molecule has 0 bridgehead atoms. The molecule has 0 aliphatic heterocycles. The molecule has 1 N–H and O–H groups in total. The van der Waals surface area contributed by atoms with Crippen molar-refractivity contribution in [3.8, 4) is 11.9 Å². The minimum Gasteiger partial charge on any atom is -0.390 e. The fourth-order valence-electron chi connectivity index (χ4n) is 1.58. The maximum atomic E-state index is 8.95. The van der Waals surface area contributed by atoms with Gasteiger partial charge in [0.1, 0.15) is 11.8 Å². The Labute approximate surface area is 98.2 Å². The average molecular weight is 229 g/mol. The van der Waals surface area contributed by atoms with E-state index in [0.717, 1.165) is 5.56 Å². The van der Waals surface area contributed by atoms with E-state index in [-0.39, 0.29) is 6.61 Å². The molecule has 0 unspecified atom stereocenters. The van der Waals surface area contributed by atoms with Gasteiger partial charge in [-0.2, -0.15) is 5.26 Å². The summed E-state index contributed by atoms with van der Waals surface area (Å²) in [6.45, 7) is 3.47. The SMILES string of the molecule is Cc1cc(-n2cc(CO)nn2)nc(C)c1C#N. The summed E-state index contributed by atoms with van der Waals surface area (Å²) in [6.07, 6.45) is 1.60. The van der Waals surface area contributed by atoms with E-state index >= 15 is 0 Å². The summed E-state index contributed by atoms with van der Waals surface area (Å²) < 4.78 is 1.48. The standard InChI is InChI=1S/C11H11N5O/c1-7-3-11(13-8(2)10(7)4-12)16-5-9(6-17)14-15-16/h3,5,17H,6H2,1-2H3. The number of hydrogen-bond acceptors (Lipinski definition) is 5. The molecule has 0 saturated carbocycles. The second-order valence-electron chi connectivity index (χ2n) is 3.68. The van der Waals surface area contributed by atoms with Gasteiger partial charge in [0, 0.05) is 0 Å². The lowest BCUT2D eigenvalue weighted by molar-refractivity contribution is 0.276. The molecule has 17 heavy (non-hydrogen) atoms. The Morgan fingerprint density at radius 2 is 2.24 bits per heavy atom. The third-order valence-electron chi connectivity index (χ3n) is 2.43. The lowest BCUT2D eigenvalue weighted by Gasteiger charge is -2.05. The second kappa shape index (κ2) is 4.31. The van der Waals surface area contributed by atoms with Gasteiger partial charge in [-0.1, -0.05) is 5.21 Å². The fraction of sp³-hybridized carbons (Fsp3) is 0.273. The summed E-state index contributed by atoms with van der Waals surface area (Å²) in [5, 5.41) is 25.5. The highest BCUT2D eigenvalue weighted by atomic mass is 16.3. The Hall–Kier alpha value is -2.26. The van der Waals surface area contributed by atoms with E-state index in [2.05, 4.69) is 21.4 Å². The number of hydrogen-bond donors (Lipinski definition) is 1. The number of aliphatic hydroxyl groups is 1. The molecule has 86 valence electrons. The lowest BCUT2D eigenvalue weighted by Crippen LogP contribution is -2.03. The molecule has 6 nitrogen and oxygen atoms in total. The maximum absolute atomic E-state index is 8.95. The topological polar surface area (TPSA) is 87.6 Å². The highest BCUT2D eigenvalue weighted by Crippen LogP contribution is 2.14. The zero-order valence-electron chi connectivity index (χ0n) is 9.55. The van der Waals surface area contributed by atoms with Crippen molar-refractivity contribution in [2.45, 2.75) is 20.5 Å². The number of aliphatic hydroxyl groups excluding tert-OH is 1. The van der Waals surface area contributed by atoms with Crippen LogP contribution >= 0.6 is 0 Å². The van der Waals surface area contributed by atoms with Crippen LogP contribution in [0.1, 0.15) is 22.5 Å². The van der Waals surface area contributed by atoms with Crippen LogP contribution in [0.15, 0.2) is 12.3 Å². The van der Waals surface area contributed by atoms with Gasteiger partial charge in [-0.3, -0.25) is 0 Å². The van der Waals surface area contributed by atoms with Crippen LogP contribution in [0.5, 0.6) is 0 Å². The summed E-state index contributed by atoms with van der Waals surface area (Å²) in [4.78, 5) is 4.28. The Balaban J connectivity index is 2.51. The van der Waals surface area contributed by atoms with Crippen molar-refractivity contribution >= 4 is 0 Å². The van der Waals surface area contributed by atoms with Crippen molar-refractivity contribution in [1.29, 1.82) is 5.26 Å². The molecular weight excluding hydrogens is 218 g/mol. The molecule has 0 amide bonds. The predicted molar refractivity (Wildman–Crippen MR) is 59.3 cm³/mol. The molecule has 0 aromatic carbocycles. The summed E-state index contributed by atoms with van der Waals surface area (Å²) in [6, 6.07) is 3.88. The average Bonchev–Trinajstić information content (AvgIpc) is 2.77. The summed E-state index contributed by atoms with van der Waals surface area (Å²) in [5.74, 6) is 0.589. The summed E-state index contributed by atoms with van der Waals surface area (Å²) in [7, 11) is 0. The molecule has 2 aromatic heterocycles. The molecule has 0 fully saturated rings. The number of aromatic nitrogens is 4. The molecule has 0 radical (unpaired) electrons. The monoisotopic (exact) mass is 229 g/mol. The van der Waals surface area contributed by atoms with E-state index in [4.69, 9.17) is 10.4 Å². The molecule has 2 aromatic rings. The van der Waals surface area contributed by atoms with E-state index in [1.807, 2.05) is 6.92 Å². The van der Waals surface area contributed by atoms with E-state index < -0.39 is 0 Å². The Morgan fingerprint density at radius 3 is 2.76 bits per heavy atom. The first-order chi connectivity index (χ1) is 8.15. The van der Waals surface area contributed by atoms with Crippen LogP contribution in [0.3, 0.4) is 0 Å². The number of nitriles is 1. The van der Waals surface area contributed by atoms with Crippen LogP contribution in [-0.4, -0.2) is 25.1 Å². The fourth-order valence-corrected chi connectivity index (χ4v) is 1.58. The van der Waals surface area contributed by atoms with Gasteiger partial charge in [0.05, 0.1) is 24.1 Å². The molecule has 0 atom stereocenters. The van der Waals surface area contributed by atoms with Crippen LogP contribution in [0, 0.1) is 25.2 Å². The summed E-state index contributed by atoms with van der Waals surface area (Å²) >= 11 is 0.